The Balaban J connectivity index is 2.54. The van der Waals surface area contributed by atoms with Crippen molar-refractivity contribution in [3.8, 4) is 0 Å². The number of aliphatic carboxylic acids is 1. The molecule has 0 saturated heterocycles. The third-order valence-electron chi connectivity index (χ3n) is 2.41. The molecule has 0 radical (unpaired) electrons. The lowest BCUT2D eigenvalue weighted by molar-refractivity contribution is -0.142. The van der Waals surface area contributed by atoms with E-state index in [9.17, 15) is 9.59 Å². The van der Waals surface area contributed by atoms with Gasteiger partial charge in [-0.2, -0.15) is 0 Å². The van der Waals surface area contributed by atoms with Crippen LogP contribution in [0.15, 0.2) is 24.4 Å². The number of pyridine rings is 1. The number of rotatable bonds is 6. The number of carboxylic acids is 1. The van der Waals surface area contributed by atoms with Crippen LogP contribution in [0.4, 0.5) is 0 Å². The van der Waals surface area contributed by atoms with Gasteiger partial charge in [-0.05, 0) is 24.5 Å². The summed E-state index contributed by atoms with van der Waals surface area (Å²) in [5, 5.41) is 11.5. The molecule has 0 bridgehead atoms. The zero-order valence-corrected chi connectivity index (χ0v) is 10.6. The Bertz CT molecular complexity index is 404. The topological polar surface area (TPSA) is 79.3 Å². The van der Waals surface area contributed by atoms with Crippen molar-refractivity contribution in [2.75, 3.05) is 0 Å². The first-order valence-electron chi connectivity index (χ1n) is 5.91. The van der Waals surface area contributed by atoms with E-state index in [1.807, 2.05) is 13.8 Å². The van der Waals surface area contributed by atoms with Crippen LogP contribution in [0.5, 0.6) is 0 Å². The van der Waals surface area contributed by atoms with Crippen molar-refractivity contribution < 1.29 is 14.7 Å². The van der Waals surface area contributed by atoms with Crippen LogP contribution in [-0.2, 0) is 16.0 Å². The summed E-state index contributed by atoms with van der Waals surface area (Å²) < 4.78 is 0. The number of carbonyl (C=O) groups excluding carboxylic acids is 1. The van der Waals surface area contributed by atoms with Gasteiger partial charge in [-0.15, -0.1) is 0 Å². The smallest absolute Gasteiger partial charge is 0.326 e. The molecule has 0 aliphatic rings. The summed E-state index contributed by atoms with van der Waals surface area (Å²) in [6.07, 6.45) is 2.12. The number of carbonyl (C=O) groups is 2. The molecule has 1 aromatic rings. The average Bonchev–Trinajstić information content (AvgIpc) is 2.28. The highest BCUT2D eigenvalue weighted by molar-refractivity contribution is 5.84. The summed E-state index contributed by atoms with van der Waals surface area (Å²) in [4.78, 5) is 26.7. The highest BCUT2D eigenvalue weighted by Gasteiger charge is 2.21. The Morgan fingerprint density at radius 1 is 1.39 bits per heavy atom. The van der Waals surface area contributed by atoms with E-state index in [-0.39, 0.29) is 18.2 Å². The van der Waals surface area contributed by atoms with Crippen molar-refractivity contribution in [1.82, 2.24) is 10.3 Å². The molecule has 1 heterocycles. The van der Waals surface area contributed by atoms with E-state index in [4.69, 9.17) is 5.11 Å². The van der Waals surface area contributed by atoms with Crippen LogP contribution in [-0.4, -0.2) is 28.0 Å². The SMILES string of the molecule is CC(C)C[C@H](NC(=O)Cc1ccccn1)C(=O)O. The molecule has 0 unspecified atom stereocenters. The number of aromatic nitrogens is 1. The van der Waals surface area contributed by atoms with E-state index in [2.05, 4.69) is 10.3 Å². The van der Waals surface area contributed by atoms with Crippen LogP contribution < -0.4 is 5.32 Å². The van der Waals surface area contributed by atoms with Crippen molar-refractivity contribution in [2.24, 2.45) is 5.92 Å². The Hall–Kier alpha value is -1.91. The van der Waals surface area contributed by atoms with Gasteiger partial charge in [-0.25, -0.2) is 4.79 Å². The first-order valence-corrected chi connectivity index (χ1v) is 5.91. The second kappa shape index (κ2) is 6.74. The molecule has 0 aliphatic heterocycles. The number of hydrogen-bond acceptors (Lipinski definition) is 3. The maximum absolute atomic E-state index is 11.7. The lowest BCUT2D eigenvalue weighted by Crippen LogP contribution is -2.42. The zero-order chi connectivity index (χ0) is 13.5. The Kier molecular flexibility index (Phi) is 5.30. The molecule has 5 heteroatoms. The minimum Gasteiger partial charge on any atom is -0.480 e. The summed E-state index contributed by atoms with van der Waals surface area (Å²) in [6, 6.07) is 4.46. The molecule has 1 aromatic heterocycles. The van der Waals surface area contributed by atoms with Gasteiger partial charge in [0.2, 0.25) is 5.91 Å². The molecular formula is C13H18N2O3. The van der Waals surface area contributed by atoms with Crippen molar-refractivity contribution in [3.05, 3.63) is 30.1 Å². The fourth-order valence-corrected chi connectivity index (χ4v) is 1.61. The first-order chi connectivity index (χ1) is 8.49. The minimum atomic E-state index is -1.00. The summed E-state index contributed by atoms with van der Waals surface area (Å²) >= 11 is 0. The molecule has 0 aromatic carbocycles. The van der Waals surface area contributed by atoms with Crippen LogP contribution in [0.25, 0.3) is 0 Å². The third kappa shape index (κ3) is 4.95. The molecule has 2 N–H and O–H groups in total. The fourth-order valence-electron chi connectivity index (χ4n) is 1.61. The number of nitrogens with one attached hydrogen (secondary N) is 1. The highest BCUT2D eigenvalue weighted by Crippen LogP contribution is 2.05. The molecule has 1 atom stereocenters. The maximum atomic E-state index is 11.7. The van der Waals surface area contributed by atoms with E-state index < -0.39 is 12.0 Å². The van der Waals surface area contributed by atoms with Gasteiger partial charge in [0.25, 0.3) is 0 Å². The minimum absolute atomic E-state index is 0.0999. The quantitative estimate of drug-likeness (QED) is 0.796. The second-order valence-electron chi connectivity index (χ2n) is 4.59. The normalized spacial score (nSPS) is 12.2. The van der Waals surface area contributed by atoms with Crippen molar-refractivity contribution in [3.63, 3.8) is 0 Å². The Labute approximate surface area is 106 Å². The van der Waals surface area contributed by atoms with E-state index in [1.165, 1.54) is 0 Å². The molecule has 5 nitrogen and oxygen atoms in total. The highest BCUT2D eigenvalue weighted by atomic mass is 16.4. The Morgan fingerprint density at radius 2 is 2.11 bits per heavy atom. The maximum Gasteiger partial charge on any atom is 0.326 e. The van der Waals surface area contributed by atoms with E-state index in [1.54, 1.807) is 24.4 Å². The number of nitrogens with zero attached hydrogens (tertiary/aromatic N) is 1. The first kappa shape index (κ1) is 14.2. The lowest BCUT2D eigenvalue weighted by atomic mass is 10.0. The summed E-state index contributed by atoms with van der Waals surface area (Å²) in [6.45, 7) is 3.84. The van der Waals surface area contributed by atoms with Gasteiger partial charge in [-0.1, -0.05) is 19.9 Å². The van der Waals surface area contributed by atoms with Crippen molar-refractivity contribution in [1.29, 1.82) is 0 Å². The van der Waals surface area contributed by atoms with E-state index in [0.717, 1.165) is 0 Å². The summed E-state index contributed by atoms with van der Waals surface area (Å²) in [7, 11) is 0. The van der Waals surface area contributed by atoms with Gasteiger partial charge in [-0.3, -0.25) is 9.78 Å². The average molecular weight is 250 g/mol. The van der Waals surface area contributed by atoms with Crippen LogP contribution in [0.3, 0.4) is 0 Å². The monoisotopic (exact) mass is 250 g/mol. The largest absolute Gasteiger partial charge is 0.480 e. The third-order valence-corrected chi connectivity index (χ3v) is 2.41. The van der Waals surface area contributed by atoms with Gasteiger partial charge in [0.15, 0.2) is 0 Å². The van der Waals surface area contributed by atoms with Gasteiger partial charge in [0.1, 0.15) is 6.04 Å². The van der Waals surface area contributed by atoms with Crippen LogP contribution in [0.2, 0.25) is 0 Å². The van der Waals surface area contributed by atoms with E-state index in [0.29, 0.717) is 12.1 Å². The zero-order valence-electron chi connectivity index (χ0n) is 10.6. The second-order valence-corrected chi connectivity index (χ2v) is 4.59. The van der Waals surface area contributed by atoms with Gasteiger partial charge in [0, 0.05) is 11.9 Å². The van der Waals surface area contributed by atoms with Crippen LogP contribution >= 0.6 is 0 Å². The molecule has 1 amide bonds. The molecule has 1 rings (SSSR count). The van der Waals surface area contributed by atoms with Gasteiger partial charge in [0.05, 0.1) is 6.42 Å². The fraction of sp³-hybridized carbons (Fsp3) is 0.462. The van der Waals surface area contributed by atoms with Crippen LogP contribution in [0.1, 0.15) is 26.0 Å². The van der Waals surface area contributed by atoms with Crippen LogP contribution in [0, 0.1) is 5.92 Å². The molecular weight excluding hydrogens is 232 g/mol. The molecule has 98 valence electrons. The molecule has 0 fully saturated rings. The molecule has 0 saturated carbocycles. The predicted octanol–water partition coefficient (Wildman–Crippen LogP) is 1.24. The van der Waals surface area contributed by atoms with Gasteiger partial charge >= 0.3 is 5.97 Å². The summed E-state index contributed by atoms with van der Waals surface area (Å²) in [5.41, 5.74) is 0.628. The number of amides is 1. The predicted molar refractivity (Wildman–Crippen MR) is 67.0 cm³/mol. The number of hydrogen-bond donors (Lipinski definition) is 2. The Morgan fingerprint density at radius 3 is 2.61 bits per heavy atom. The van der Waals surface area contributed by atoms with Gasteiger partial charge < -0.3 is 10.4 Å². The molecule has 0 spiro atoms. The van der Waals surface area contributed by atoms with Crippen molar-refractivity contribution >= 4 is 11.9 Å². The molecule has 18 heavy (non-hydrogen) atoms. The lowest BCUT2D eigenvalue weighted by Gasteiger charge is -2.16. The number of carboxylic acid groups (broad SMARTS) is 1. The van der Waals surface area contributed by atoms with Crippen molar-refractivity contribution in [2.45, 2.75) is 32.7 Å². The summed E-state index contributed by atoms with van der Waals surface area (Å²) in [5.74, 6) is -1.11. The van der Waals surface area contributed by atoms with E-state index >= 15 is 0 Å². The standard InChI is InChI=1S/C13H18N2O3/c1-9(2)7-11(13(17)18)15-12(16)8-10-5-3-4-6-14-10/h3-6,9,11H,7-8H2,1-2H3,(H,15,16)(H,17,18)/t11-/m0/s1. The molecule has 0 aliphatic carbocycles.